The summed E-state index contributed by atoms with van der Waals surface area (Å²) in [4.78, 5) is 8.53. The van der Waals surface area contributed by atoms with Crippen molar-refractivity contribution in [1.82, 2.24) is 10.2 Å². The first-order chi connectivity index (χ1) is 11.4. The summed E-state index contributed by atoms with van der Waals surface area (Å²) in [6.45, 7) is 7.22. The number of rotatable bonds is 5. The molecule has 0 radical (unpaired) electrons. The third-order valence-corrected chi connectivity index (χ3v) is 5.24. The van der Waals surface area contributed by atoms with E-state index in [0.29, 0.717) is 0 Å². The highest BCUT2D eigenvalue weighted by Gasteiger charge is 2.32. The fraction of sp³-hybridized carbons (Fsp3) is 0.706. The molecule has 1 N–H and O–H groups in total. The minimum atomic E-state index is 0. The van der Waals surface area contributed by atoms with Gasteiger partial charge in [0.15, 0.2) is 5.96 Å². The second kappa shape index (κ2) is 10.6. The summed E-state index contributed by atoms with van der Waals surface area (Å²) in [5, 5.41) is 5.55. The lowest BCUT2D eigenvalue weighted by molar-refractivity contribution is -0.0817. The Kier molecular flexibility index (Phi) is 8.79. The van der Waals surface area contributed by atoms with Gasteiger partial charge in [-0.15, -0.1) is 35.3 Å². The molecule has 0 aliphatic carbocycles. The molecular formula is C17H28IN3O2S. The summed E-state index contributed by atoms with van der Waals surface area (Å²) in [6, 6.07) is 4.28. The van der Waals surface area contributed by atoms with Gasteiger partial charge < -0.3 is 19.7 Å². The molecule has 0 amide bonds. The van der Waals surface area contributed by atoms with Crippen molar-refractivity contribution in [2.45, 2.75) is 38.4 Å². The standard InChI is InChI=1S/C17H27N3O2S.HI/c1-2-18-17(19-8-7-14-5-4-12-23-14)20-9-11-22-16(13-20)15-6-3-10-21-15;/h4-5,12,15-16H,2-3,6-11,13H2,1H3,(H,18,19);1H. The smallest absolute Gasteiger partial charge is 0.194 e. The Balaban J connectivity index is 0.00000208. The van der Waals surface area contributed by atoms with Crippen molar-refractivity contribution >= 4 is 41.3 Å². The van der Waals surface area contributed by atoms with Crippen LogP contribution < -0.4 is 5.32 Å². The van der Waals surface area contributed by atoms with E-state index in [1.807, 2.05) is 0 Å². The number of ether oxygens (including phenoxy) is 2. The summed E-state index contributed by atoms with van der Waals surface area (Å²) >= 11 is 1.80. The number of aliphatic imine (C=N–C) groups is 1. The van der Waals surface area contributed by atoms with Gasteiger partial charge in [0.25, 0.3) is 0 Å². The van der Waals surface area contributed by atoms with Gasteiger partial charge in [0.05, 0.1) is 12.7 Å². The molecule has 2 aliphatic heterocycles. The van der Waals surface area contributed by atoms with Gasteiger partial charge in [0, 0.05) is 44.1 Å². The van der Waals surface area contributed by atoms with E-state index in [4.69, 9.17) is 14.5 Å². The van der Waals surface area contributed by atoms with Crippen LogP contribution in [0, 0.1) is 0 Å². The molecular weight excluding hydrogens is 437 g/mol. The quantitative estimate of drug-likeness (QED) is 0.413. The molecule has 5 nitrogen and oxygen atoms in total. The molecule has 7 heteroatoms. The van der Waals surface area contributed by atoms with Gasteiger partial charge in [0.2, 0.25) is 0 Å². The van der Waals surface area contributed by atoms with Crippen molar-refractivity contribution in [2.75, 3.05) is 39.4 Å². The van der Waals surface area contributed by atoms with Crippen molar-refractivity contribution in [2.24, 2.45) is 4.99 Å². The lowest BCUT2D eigenvalue weighted by atomic mass is 10.1. The normalized spacial score (nSPS) is 24.7. The minimum Gasteiger partial charge on any atom is -0.375 e. The first-order valence-corrected chi connectivity index (χ1v) is 9.53. The fourth-order valence-electron chi connectivity index (χ4n) is 3.14. The maximum Gasteiger partial charge on any atom is 0.194 e. The molecule has 0 aromatic carbocycles. The van der Waals surface area contributed by atoms with Crippen LogP contribution in [-0.4, -0.2) is 62.5 Å². The second-order valence-electron chi connectivity index (χ2n) is 5.97. The van der Waals surface area contributed by atoms with Crippen molar-refractivity contribution < 1.29 is 9.47 Å². The molecule has 0 spiro atoms. The van der Waals surface area contributed by atoms with Gasteiger partial charge in [-0.25, -0.2) is 0 Å². The third kappa shape index (κ3) is 5.57. The molecule has 2 fully saturated rings. The average molecular weight is 465 g/mol. The topological polar surface area (TPSA) is 46.1 Å². The van der Waals surface area contributed by atoms with E-state index in [1.165, 1.54) is 4.88 Å². The minimum absolute atomic E-state index is 0. The number of hydrogen-bond donors (Lipinski definition) is 1. The summed E-state index contributed by atoms with van der Waals surface area (Å²) < 4.78 is 11.7. The zero-order chi connectivity index (χ0) is 15.9. The highest BCUT2D eigenvalue weighted by molar-refractivity contribution is 14.0. The van der Waals surface area contributed by atoms with E-state index >= 15 is 0 Å². The molecule has 3 heterocycles. The highest BCUT2D eigenvalue weighted by atomic mass is 127. The molecule has 2 saturated heterocycles. The van der Waals surface area contributed by atoms with Gasteiger partial charge in [-0.3, -0.25) is 4.99 Å². The number of guanidine groups is 1. The van der Waals surface area contributed by atoms with E-state index in [2.05, 4.69) is 34.7 Å². The fourth-order valence-corrected chi connectivity index (χ4v) is 3.84. The Morgan fingerprint density at radius 3 is 2.96 bits per heavy atom. The Morgan fingerprint density at radius 2 is 2.25 bits per heavy atom. The predicted octanol–water partition coefficient (Wildman–Crippen LogP) is 2.75. The average Bonchev–Trinajstić information content (AvgIpc) is 3.28. The van der Waals surface area contributed by atoms with Crippen molar-refractivity contribution in [3.63, 3.8) is 0 Å². The predicted molar refractivity (Wildman–Crippen MR) is 110 cm³/mol. The number of nitrogens with zero attached hydrogens (tertiary/aromatic N) is 2. The Labute approximate surface area is 165 Å². The molecule has 3 rings (SSSR count). The van der Waals surface area contributed by atoms with Gasteiger partial charge in [-0.1, -0.05) is 6.07 Å². The van der Waals surface area contributed by atoms with Crippen LogP contribution in [0.2, 0.25) is 0 Å². The molecule has 0 saturated carbocycles. The Morgan fingerprint density at radius 1 is 1.38 bits per heavy atom. The molecule has 136 valence electrons. The monoisotopic (exact) mass is 465 g/mol. The molecule has 1 aromatic rings. The number of hydrogen-bond acceptors (Lipinski definition) is 4. The van der Waals surface area contributed by atoms with Crippen molar-refractivity contribution in [1.29, 1.82) is 0 Å². The number of morpholine rings is 1. The Hall–Kier alpha value is -0.380. The van der Waals surface area contributed by atoms with E-state index in [1.54, 1.807) is 11.3 Å². The zero-order valence-corrected chi connectivity index (χ0v) is 17.4. The first-order valence-electron chi connectivity index (χ1n) is 8.65. The van der Waals surface area contributed by atoms with Crippen LogP contribution in [0.25, 0.3) is 0 Å². The summed E-state index contributed by atoms with van der Waals surface area (Å²) in [5.41, 5.74) is 0. The van der Waals surface area contributed by atoms with Gasteiger partial charge in [-0.05, 0) is 31.2 Å². The largest absolute Gasteiger partial charge is 0.375 e. The van der Waals surface area contributed by atoms with E-state index in [0.717, 1.165) is 64.6 Å². The summed E-state index contributed by atoms with van der Waals surface area (Å²) in [6.07, 6.45) is 3.70. The molecule has 2 atom stereocenters. The number of nitrogens with one attached hydrogen (secondary N) is 1. The van der Waals surface area contributed by atoms with Crippen molar-refractivity contribution in [3.8, 4) is 0 Å². The van der Waals surface area contributed by atoms with E-state index < -0.39 is 0 Å². The van der Waals surface area contributed by atoms with Crippen LogP contribution in [-0.2, 0) is 15.9 Å². The first kappa shape index (κ1) is 19.9. The number of halogens is 1. The van der Waals surface area contributed by atoms with Gasteiger partial charge in [0.1, 0.15) is 6.10 Å². The Bertz CT molecular complexity index is 492. The summed E-state index contributed by atoms with van der Waals surface area (Å²) in [5.74, 6) is 1.01. The molecule has 2 aliphatic rings. The van der Waals surface area contributed by atoms with Gasteiger partial charge >= 0.3 is 0 Å². The van der Waals surface area contributed by atoms with Crippen molar-refractivity contribution in [3.05, 3.63) is 22.4 Å². The van der Waals surface area contributed by atoms with Crippen LogP contribution in [0.4, 0.5) is 0 Å². The lowest BCUT2D eigenvalue weighted by Crippen LogP contribution is -2.53. The maximum absolute atomic E-state index is 5.94. The SMILES string of the molecule is CCNC(=NCCc1cccs1)N1CCOC(C2CCCO2)C1.I. The van der Waals surface area contributed by atoms with Crippen LogP contribution in [0.3, 0.4) is 0 Å². The highest BCUT2D eigenvalue weighted by Crippen LogP contribution is 2.21. The summed E-state index contributed by atoms with van der Waals surface area (Å²) in [7, 11) is 0. The van der Waals surface area contributed by atoms with E-state index in [-0.39, 0.29) is 36.2 Å². The molecule has 1 aromatic heterocycles. The lowest BCUT2D eigenvalue weighted by Gasteiger charge is -2.37. The third-order valence-electron chi connectivity index (χ3n) is 4.31. The van der Waals surface area contributed by atoms with Crippen LogP contribution in [0.1, 0.15) is 24.6 Å². The van der Waals surface area contributed by atoms with Crippen LogP contribution >= 0.6 is 35.3 Å². The molecule has 0 bridgehead atoms. The molecule has 24 heavy (non-hydrogen) atoms. The second-order valence-corrected chi connectivity index (χ2v) is 7.00. The maximum atomic E-state index is 5.94. The van der Waals surface area contributed by atoms with Crippen LogP contribution in [0.15, 0.2) is 22.5 Å². The number of thiophene rings is 1. The molecule has 2 unspecified atom stereocenters. The van der Waals surface area contributed by atoms with Gasteiger partial charge in [-0.2, -0.15) is 0 Å². The zero-order valence-electron chi connectivity index (χ0n) is 14.3. The van der Waals surface area contributed by atoms with Crippen LogP contribution in [0.5, 0.6) is 0 Å². The van der Waals surface area contributed by atoms with E-state index in [9.17, 15) is 0 Å².